The van der Waals surface area contributed by atoms with E-state index in [1.807, 2.05) is 47.6 Å². The van der Waals surface area contributed by atoms with Crippen LogP contribution >= 0.6 is 0 Å². The van der Waals surface area contributed by atoms with E-state index >= 15 is 0 Å². The van der Waals surface area contributed by atoms with Gasteiger partial charge in [-0.3, -0.25) is 18.7 Å². The molecule has 24 heteroatoms. The predicted molar refractivity (Wildman–Crippen MR) is 317 cm³/mol. The fourth-order valence-electron chi connectivity index (χ4n) is 10.5. The number of anilines is 5. The number of hydrogen-bond acceptors (Lipinski definition) is 13. The molecule has 0 spiro atoms. The number of aryl methyl sites for hydroxylation is 2. The van der Waals surface area contributed by atoms with Crippen LogP contribution in [0.5, 0.6) is 0 Å². The van der Waals surface area contributed by atoms with E-state index in [0.29, 0.717) is 57.4 Å². The lowest BCUT2D eigenvalue weighted by Gasteiger charge is -2.31. The second-order valence-electron chi connectivity index (χ2n) is 21.6. The van der Waals surface area contributed by atoms with Crippen LogP contribution < -0.4 is 42.1 Å². The standard InChI is InChI=1S/C29H33F2N7O2.C24H23F2N5O3S.C7H16N2/c1-16(2)34-27(39)18-11-10-17(3)20(13-18)24-21-15-33-29(40)38(25-22(30)8-5-9-23(25)31)26(21)36-28(35-24)32-14-19-7-6-12-37(19)4;1-12(2)28-22(32)14-9-8-13(3)15(10-14)19-16-11-27-24(33)31(20-17(25)6-5-7-18(20)26)21(16)30-23(29-19)35(4)34;1-2-9-5-3-4-7(9)6-8/h5,8-11,13,16,19H,6-7,12,14-15H2,1-4H3,(H,33,40)(H,34,39)(H,32,35,36);5-10,12H,11H2,1-4H3,(H,27,33)(H,28,32);7H,2-6,8H2,1H3/t19-;;7-/m0.0/s1. The van der Waals surface area contributed by atoms with Crippen LogP contribution in [0.4, 0.5) is 56.1 Å². The summed E-state index contributed by atoms with van der Waals surface area (Å²) in [6.07, 6.45) is 6.12. The van der Waals surface area contributed by atoms with Crippen molar-refractivity contribution in [2.24, 2.45) is 5.73 Å². The van der Waals surface area contributed by atoms with Crippen molar-refractivity contribution in [2.75, 3.05) is 61.1 Å². The second kappa shape index (κ2) is 27.2. The zero-order valence-corrected chi connectivity index (χ0v) is 49.4. The highest BCUT2D eigenvalue weighted by atomic mass is 32.2. The van der Waals surface area contributed by atoms with E-state index in [0.717, 1.165) is 71.1 Å². The molecule has 0 saturated carbocycles. The number of carbonyl (C=O) groups excluding carboxylic acids is 4. The van der Waals surface area contributed by atoms with E-state index in [1.54, 1.807) is 30.3 Å². The molecule has 6 amide bonds. The SMILES string of the molecule is CCN1CCC[C@H]1CN.Cc1ccc(C(=O)NC(C)C)cc1-c1nc(NC[C@@H]2CCCN2C)nc2c1CNC(=O)N2c1c(F)cccc1F.Cc1ccc(C(=O)NC(C)C)cc1-c1nc(S(C)=O)nc2c1CNC(=O)N2c1c(F)cccc1F. The number of amides is 6. The number of hydrogen-bond donors (Lipinski definition) is 6. The highest BCUT2D eigenvalue weighted by Gasteiger charge is 2.37. The maximum Gasteiger partial charge on any atom is 0.328 e. The molecule has 446 valence electrons. The van der Waals surface area contributed by atoms with Crippen LogP contribution in [0.15, 0.2) is 78.0 Å². The van der Waals surface area contributed by atoms with Gasteiger partial charge in [-0.15, -0.1) is 0 Å². The van der Waals surface area contributed by atoms with Crippen molar-refractivity contribution in [1.82, 2.24) is 51.0 Å². The molecule has 0 bridgehead atoms. The fraction of sp³-hybridized carbons (Fsp3) is 0.400. The molecule has 4 aliphatic rings. The van der Waals surface area contributed by atoms with Crippen molar-refractivity contribution in [3.05, 3.63) is 129 Å². The lowest BCUT2D eigenvalue weighted by atomic mass is 9.97. The molecule has 6 heterocycles. The van der Waals surface area contributed by atoms with Crippen LogP contribution in [-0.2, 0) is 23.9 Å². The first-order chi connectivity index (χ1) is 40.1. The van der Waals surface area contributed by atoms with Gasteiger partial charge in [0, 0.05) is 76.9 Å². The molecule has 2 saturated heterocycles. The van der Waals surface area contributed by atoms with E-state index in [4.69, 9.17) is 10.7 Å². The summed E-state index contributed by atoms with van der Waals surface area (Å²) in [6.45, 7) is 18.2. The number of carbonyl (C=O) groups is 4. The van der Waals surface area contributed by atoms with Gasteiger partial charge in [0.1, 0.15) is 34.6 Å². The zero-order valence-electron chi connectivity index (χ0n) is 48.6. The minimum atomic E-state index is -1.68. The average molecular weight is 1180 g/mol. The number of nitrogens with two attached hydrogens (primary N) is 1. The van der Waals surface area contributed by atoms with Crippen LogP contribution in [-0.4, -0.2) is 128 Å². The molecule has 4 aromatic carbocycles. The highest BCUT2D eigenvalue weighted by molar-refractivity contribution is 7.84. The Kier molecular flexibility index (Phi) is 20.1. The lowest BCUT2D eigenvalue weighted by Crippen LogP contribution is -2.43. The molecular weight excluding hydrogens is 1100 g/mol. The van der Waals surface area contributed by atoms with Gasteiger partial charge in [0.25, 0.3) is 11.8 Å². The van der Waals surface area contributed by atoms with Gasteiger partial charge >= 0.3 is 12.1 Å². The first-order valence-corrected chi connectivity index (χ1v) is 29.6. The third-order valence-corrected chi connectivity index (χ3v) is 15.6. The van der Waals surface area contributed by atoms with Gasteiger partial charge in [0.15, 0.2) is 11.6 Å². The molecule has 3 atom stereocenters. The Hall–Kier alpha value is -7.93. The van der Waals surface area contributed by atoms with E-state index in [-0.39, 0.29) is 65.8 Å². The number of nitrogens with one attached hydrogen (secondary N) is 5. The molecule has 2 fully saturated rings. The molecule has 2 aromatic heterocycles. The van der Waals surface area contributed by atoms with Crippen molar-refractivity contribution in [3.63, 3.8) is 0 Å². The number of nitrogens with zero attached hydrogens (tertiary/aromatic N) is 8. The summed E-state index contributed by atoms with van der Waals surface area (Å²) in [7, 11) is 0.378. The molecule has 10 rings (SSSR count). The summed E-state index contributed by atoms with van der Waals surface area (Å²) in [6, 6.07) is 16.4. The Morgan fingerprint density at radius 2 is 1.15 bits per heavy atom. The lowest BCUT2D eigenvalue weighted by molar-refractivity contribution is 0.0934. The number of para-hydroxylation sites is 2. The molecule has 4 aliphatic heterocycles. The number of benzene rings is 4. The van der Waals surface area contributed by atoms with E-state index in [1.165, 1.54) is 44.3 Å². The van der Waals surface area contributed by atoms with Gasteiger partial charge in [0.2, 0.25) is 11.1 Å². The van der Waals surface area contributed by atoms with Gasteiger partial charge in [-0.1, -0.05) is 31.2 Å². The Balaban J connectivity index is 0.000000192. The van der Waals surface area contributed by atoms with Crippen molar-refractivity contribution in [1.29, 1.82) is 0 Å². The van der Waals surface area contributed by atoms with E-state index in [2.05, 4.69) is 65.3 Å². The topological polar surface area (TPSA) is 236 Å². The minimum Gasteiger partial charge on any atom is -0.353 e. The summed E-state index contributed by atoms with van der Waals surface area (Å²) in [4.78, 5) is 75.9. The van der Waals surface area contributed by atoms with Gasteiger partial charge in [-0.2, -0.15) is 4.98 Å². The van der Waals surface area contributed by atoms with Crippen LogP contribution in [0.2, 0.25) is 0 Å². The number of likely N-dealkylation sites (tertiary alicyclic amines) is 2. The molecular formula is C60H72F4N14O5S. The second-order valence-corrected chi connectivity index (χ2v) is 22.8. The van der Waals surface area contributed by atoms with Crippen molar-refractivity contribution < 1.29 is 40.9 Å². The average Bonchev–Trinajstić information content (AvgIpc) is 3.88. The molecule has 19 nitrogen and oxygen atoms in total. The Bertz CT molecular complexity index is 3430. The fourth-order valence-corrected chi connectivity index (χ4v) is 11.0. The maximum absolute atomic E-state index is 15.0. The Morgan fingerprint density at radius 1 is 0.690 bits per heavy atom. The molecule has 6 aromatic rings. The first kappa shape index (κ1) is 62.1. The smallest absolute Gasteiger partial charge is 0.328 e. The zero-order chi connectivity index (χ0) is 60.7. The van der Waals surface area contributed by atoms with Crippen LogP contribution in [0, 0.1) is 37.1 Å². The van der Waals surface area contributed by atoms with Gasteiger partial charge < -0.3 is 37.2 Å². The van der Waals surface area contributed by atoms with Crippen molar-refractivity contribution in [3.8, 4) is 22.5 Å². The Labute approximate surface area is 489 Å². The number of fused-ring (bicyclic) bond motifs is 2. The van der Waals surface area contributed by atoms with Crippen LogP contribution in [0.1, 0.15) is 103 Å². The molecule has 84 heavy (non-hydrogen) atoms. The number of urea groups is 2. The molecule has 0 aliphatic carbocycles. The predicted octanol–water partition coefficient (Wildman–Crippen LogP) is 9.13. The maximum atomic E-state index is 15.0. The van der Waals surface area contributed by atoms with Crippen molar-refractivity contribution >= 4 is 63.6 Å². The number of rotatable bonds is 14. The van der Waals surface area contributed by atoms with E-state index in [9.17, 15) is 40.9 Å². The van der Waals surface area contributed by atoms with Gasteiger partial charge in [0.05, 0.1) is 35.3 Å². The molecule has 0 radical (unpaired) electrons. The summed E-state index contributed by atoms with van der Waals surface area (Å²) < 4.78 is 71.7. The summed E-state index contributed by atoms with van der Waals surface area (Å²) in [5.74, 6) is -4.01. The number of halogens is 4. The van der Waals surface area contributed by atoms with Crippen molar-refractivity contribution in [2.45, 2.75) is 117 Å². The normalized spacial score (nSPS) is 17.1. The third kappa shape index (κ3) is 13.8. The third-order valence-electron chi connectivity index (χ3n) is 14.9. The number of aromatic nitrogens is 4. The quantitative estimate of drug-likeness (QED) is 0.0442. The van der Waals surface area contributed by atoms with Gasteiger partial charge in [-0.05, 0) is 154 Å². The molecule has 1 unspecified atom stereocenters. The summed E-state index contributed by atoms with van der Waals surface area (Å²) in [5, 5.41) is 14.2. The monoisotopic (exact) mass is 1180 g/mol. The molecule has 7 N–H and O–H groups in total. The van der Waals surface area contributed by atoms with Crippen LogP contribution in [0.3, 0.4) is 0 Å². The first-order valence-electron chi connectivity index (χ1n) is 28.0. The van der Waals surface area contributed by atoms with Crippen LogP contribution in [0.25, 0.3) is 22.5 Å². The largest absolute Gasteiger partial charge is 0.353 e. The summed E-state index contributed by atoms with van der Waals surface area (Å²) in [5.41, 5.74) is 9.65. The minimum absolute atomic E-state index is 0.0332. The Morgan fingerprint density at radius 3 is 1.58 bits per heavy atom. The van der Waals surface area contributed by atoms with Gasteiger partial charge in [-0.25, -0.2) is 51.9 Å². The van der Waals surface area contributed by atoms with E-state index < -0.39 is 57.5 Å². The highest BCUT2D eigenvalue weighted by Crippen LogP contribution is 2.41. The summed E-state index contributed by atoms with van der Waals surface area (Å²) >= 11 is 0. The number of likely N-dealkylation sites (N-methyl/N-ethyl adjacent to an activating group) is 2.